The lowest BCUT2D eigenvalue weighted by Crippen LogP contribution is -2.40. The topological polar surface area (TPSA) is 75.9 Å². The minimum absolute atomic E-state index is 0.388. The van der Waals surface area contributed by atoms with Gasteiger partial charge >= 0.3 is 0 Å². The van der Waals surface area contributed by atoms with Gasteiger partial charge in [-0.1, -0.05) is 13.3 Å². The van der Waals surface area contributed by atoms with Crippen LogP contribution in [0.4, 0.5) is 11.6 Å². The Morgan fingerprint density at radius 1 is 1.30 bits per heavy atom. The van der Waals surface area contributed by atoms with Gasteiger partial charge in [-0.2, -0.15) is 11.8 Å². The quantitative estimate of drug-likeness (QED) is 0.530. The van der Waals surface area contributed by atoms with Crippen LogP contribution in [0.15, 0.2) is 0 Å². The minimum Gasteiger partial charge on any atom is -0.368 e. The van der Waals surface area contributed by atoms with E-state index in [-0.39, 0.29) is 0 Å². The van der Waals surface area contributed by atoms with Crippen molar-refractivity contribution in [1.29, 1.82) is 0 Å². The second kappa shape index (κ2) is 6.63. The van der Waals surface area contributed by atoms with Gasteiger partial charge in [0, 0.05) is 23.3 Å². The minimum atomic E-state index is 0.388. The molecule has 0 amide bonds. The molecule has 1 aliphatic rings. The van der Waals surface area contributed by atoms with E-state index in [1.54, 1.807) is 0 Å². The van der Waals surface area contributed by atoms with Crippen LogP contribution in [0.1, 0.15) is 44.0 Å². The summed E-state index contributed by atoms with van der Waals surface area (Å²) in [6.07, 6.45) is 8.01. The van der Waals surface area contributed by atoms with Gasteiger partial charge in [0.1, 0.15) is 17.5 Å². The lowest BCUT2D eigenvalue weighted by Gasteiger charge is -2.40. The zero-order valence-electron chi connectivity index (χ0n) is 12.6. The highest BCUT2D eigenvalue weighted by atomic mass is 32.2. The third-order valence-electron chi connectivity index (χ3n) is 4.08. The Morgan fingerprint density at radius 3 is 2.50 bits per heavy atom. The van der Waals surface area contributed by atoms with E-state index in [4.69, 9.17) is 5.84 Å². The molecule has 1 aromatic heterocycles. The van der Waals surface area contributed by atoms with Gasteiger partial charge in [-0.15, -0.1) is 0 Å². The van der Waals surface area contributed by atoms with E-state index in [2.05, 4.69) is 33.9 Å². The van der Waals surface area contributed by atoms with Crippen LogP contribution in [0.25, 0.3) is 0 Å². The molecule has 6 heteroatoms. The summed E-state index contributed by atoms with van der Waals surface area (Å²) in [7, 11) is 0. The molecule has 2 rings (SSSR count). The van der Waals surface area contributed by atoms with Crippen LogP contribution in [0, 0.1) is 6.92 Å². The number of thioether (sulfide) groups is 1. The molecule has 1 fully saturated rings. The molecule has 1 aromatic rings. The van der Waals surface area contributed by atoms with Gasteiger partial charge in [0.15, 0.2) is 0 Å². The van der Waals surface area contributed by atoms with Gasteiger partial charge in [-0.25, -0.2) is 15.8 Å². The van der Waals surface area contributed by atoms with Crippen molar-refractivity contribution < 1.29 is 0 Å². The summed E-state index contributed by atoms with van der Waals surface area (Å²) in [6.45, 7) is 5.09. The Bertz CT molecular complexity index is 454. The highest BCUT2D eigenvalue weighted by Crippen LogP contribution is 2.42. The first kappa shape index (κ1) is 15.4. The average Bonchev–Trinajstić information content (AvgIpc) is 2.41. The fraction of sp³-hybridized carbons (Fsp3) is 0.714. The number of nitrogens with one attached hydrogen (secondary N) is 2. The first-order valence-electron chi connectivity index (χ1n) is 7.27. The van der Waals surface area contributed by atoms with Crippen molar-refractivity contribution in [3.05, 3.63) is 11.4 Å². The normalized spacial score (nSPS) is 16.6. The summed E-state index contributed by atoms with van der Waals surface area (Å²) >= 11 is 1.96. The van der Waals surface area contributed by atoms with Gasteiger partial charge in [0.2, 0.25) is 0 Å². The van der Waals surface area contributed by atoms with Crippen LogP contribution in [0.3, 0.4) is 0 Å². The van der Waals surface area contributed by atoms with E-state index in [0.29, 0.717) is 4.75 Å². The summed E-state index contributed by atoms with van der Waals surface area (Å²) in [4.78, 5) is 9.09. The van der Waals surface area contributed by atoms with Crippen LogP contribution >= 0.6 is 11.8 Å². The standard InChI is InChI=1S/C14H25N5S/c1-4-6-11-17-12(10(2)13(18-11)19-15)16-9-14(20-3)7-5-8-14/h4-9,15H2,1-3H3,(H2,16,17,18,19). The van der Waals surface area contributed by atoms with Crippen molar-refractivity contribution in [3.63, 3.8) is 0 Å². The van der Waals surface area contributed by atoms with E-state index in [1.807, 2.05) is 18.7 Å². The van der Waals surface area contributed by atoms with Crippen LogP contribution < -0.4 is 16.6 Å². The van der Waals surface area contributed by atoms with Crippen molar-refractivity contribution in [1.82, 2.24) is 9.97 Å². The molecule has 0 aromatic carbocycles. The molecule has 112 valence electrons. The van der Waals surface area contributed by atoms with Gasteiger partial charge in [-0.3, -0.25) is 0 Å². The number of nitrogens with two attached hydrogens (primary N) is 1. The van der Waals surface area contributed by atoms with Gasteiger partial charge in [0.25, 0.3) is 0 Å². The van der Waals surface area contributed by atoms with Crippen molar-refractivity contribution in [2.45, 2.75) is 50.7 Å². The van der Waals surface area contributed by atoms with E-state index in [9.17, 15) is 0 Å². The van der Waals surface area contributed by atoms with Crippen molar-refractivity contribution in [2.24, 2.45) is 5.84 Å². The molecule has 4 N–H and O–H groups in total. The number of hydrogen-bond acceptors (Lipinski definition) is 6. The van der Waals surface area contributed by atoms with Crippen LogP contribution in [0.5, 0.6) is 0 Å². The average molecular weight is 295 g/mol. The fourth-order valence-corrected chi connectivity index (χ4v) is 3.39. The molecule has 0 saturated heterocycles. The molecule has 5 nitrogen and oxygen atoms in total. The van der Waals surface area contributed by atoms with Crippen LogP contribution in [-0.2, 0) is 6.42 Å². The molecule has 0 radical (unpaired) electrons. The summed E-state index contributed by atoms with van der Waals surface area (Å²) in [5.74, 6) is 8.04. The molecule has 0 unspecified atom stereocenters. The van der Waals surface area contributed by atoms with Gasteiger partial charge in [0.05, 0.1) is 0 Å². The third-order valence-corrected chi connectivity index (χ3v) is 5.50. The van der Waals surface area contributed by atoms with Crippen molar-refractivity contribution in [3.8, 4) is 0 Å². The predicted molar refractivity (Wildman–Crippen MR) is 87.2 cm³/mol. The number of hydrogen-bond donors (Lipinski definition) is 3. The number of hydrazine groups is 1. The molecule has 1 saturated carbocycles. The Hall–Kier alpha value is -1.01. The number of aryl methyl sites for hydroxylation is 1. The maximum atomic E-state index is 5.56. The van der Waals surface area contributed by atoms with E-state index in [1.165, 1.54) is 19.3 Å². The van der Waals surface area contributed by atoms with Crippen LogP contribution in [0.2, 0.25) is 0 Å². The fourth-order valence-electron chi connectivity index (χ4n) is 2.48. The molecule has 20 heavy (non-hydrogen) atoms. The lowest BCUT2D eigenvalue weighted by atomic mass is 9.84. The Morgan fingerprint density at radius 2 is 2.00 bits per heavy atom. The number of aromatic nitrogens is 2. The number of nitrogens with zero attached hydrogens (tertiary/aromatic N) is 2. The summed E-state index contributed by atoms with van der Waals surface area (Å²) in [5.41, 5.74) is 3.67. The molecule has 0 spiro atoms. The second-order valence-corrected chi connectivity index (χ2v) is 6.72. The monoisotopic (exact) mass is 295 g/mol. The van der Waals surface area contributed by atoms with Crippen LogP contribution in [-0.4, -0.2) is 27.5 Å². The van der Waals surface area contributed by atoms with E-state index in [0.717, 1.165) is 42.4 Å². The first-order chi connectivity index (χ1) is 9.64. The Kier molecular flexibility index (Phi) is 5.10. The molecular weight excluding hydrogens is 270 g/mol. The molecule has 0 bridgehead atoms. The third kappa shape index (κ3) is 3.17. The lowest BCUT2D eigenvalue weighted by molar-refractivity contribution is 0.379. The molecule has 0 atom stereocenters. The maximum absolute atomic E-state index is 5.56. The van der Waals surface area contributed by atoms with Gasteiger partial charge < -0.3 is 10.7 Å². The zero-order valence-corrected chi connectivity index (χ0v) is 13.4. The van der Waals surface area contributed by atoms with Crippen molar-refractivity contribution in [2.75, 3.05) is 23.5 Å². The summed E-state index contributed by atoms with van der Waals surface area (Å²) in [6, 6.07) is 0. The number of nitrogen functional groups attached to an aromatic ring is 1. The molecular formula is C14H25N5S. The second-order valence-electron chi connectivity index (χ2n) is 5.45. The summed E-state index contributed by atoms with van der Waals surface area (Å²) in [5, 5.41) is 3.51. The highest BCUT2D eigenvalue weighted by Gasteiger charge is 2.36. The van der Waals surface area contributed by atoms with Crippen molar-refractivity contribution >= 4 is 23.4 Å². The number of anilines is 2. The SMILES string of the molecule is CCCc1nc(NN)c(C)c(NCC2(SC)CCC2)n1. The summed E-state index contributed by atoms with van der Waals surface area (Å²) < 4.78 is 0.388. The Balaban J connectivity index is 2.14. The first-order valence-corrected chi connectivity index (χ1v) is 8.50. The maximum Gasteiger partial charge on any atom is 0.148 e. The van der Waals surface area contributed by atoms with Gasteiger partial charge in [-0.05, 0) is 32.4 Å². The predicted octanol–water partition coefficient (Wildman–Crippen LogP) is 2.72. The molecule has 1 heterocycles. The molecule has 1 aliphatic carbocycles. The molecule has 0 aliphatic heterocycles. The smallest absolute Gasteiger partial charge is 0.148 e. The highest BCUT2D eigenvalue weighted by molar-refractivity contribution is 8.00. The number of rotatable bonds is 7. The van der Waals surface area contributed by atoms with E-state index < -0.39 is 0 Å². The van der Waals surface area contributed by atoms with E-state index >= 15 is 0 Å². The zero-order chi connectivity index (χ0) is 14.6. The Labute approximate surface area is 125 Å². The largest absolute Gasteiger partial charge is 0.368 e.